The normalized spacial score (nSPS) is 13.8. The van der Waals surface area contributed by atoms with Crippen LogP contribution in [0.3, 0.4) is 0 Å². The molecule has 0 bridgehead atoms. The number of para-hydroxylation sites is 2. The minimum atomic E-state index is -0.279. The second kappa shape index (κ2) is 10.2. The molecule has 0 N–H and O–H groups in total. The van der Waals surface area contributed by atoms with Crippen molar-refractivity contribution < 1.29 is 9.47 Å². The summed E-state index contributed by atoms with van der Waals surface area (Å²) >= 11 is 3.39. The largest absolute Gasteiger partial charge is 0.352 e. The van der Waals surface area contributed by atoms with Crippen LogP contribution in [0.4, 0.5) is 11.4 Å². The monoisotopic (exact) mass is 390 g/mol. The standard InChI is InChI=1S/C19H23BrN2O2/c1-3-23-19(14-20)24-16(2)15-21-22(17-10-6-4-7-11-17)18-12-8-5-9-13-18/h4-13,15-16,19H,3,14H2,1-2H3/b21-15+/t16-,19?/m0/s1. The molecule has 0 saturated carbocycles. The van der Waals surface area contributed by atoms with Gasteiger partial charge in [0, 0.05) is 6.61 Å². The van der Waals surface area contributed by atoms with E-state index in [1.807, 2.05) is 79.5 Å². The van der Waals surface area contributed by atoms with E-state index in [-0.39, 0.29) is 12.4 Å². The third kappa shape index (κ3) is 5.74. The Morgan fingerprint density at radius 3 is 2.04 bits per heavy atom. The summed E-state index contributed by atoms with van der Waals surface area (Å²) in [6.07, 6.45) is 1.33. The molecule has 0 aromatic heterocycles. The number of hydrogen-bond donors (Lipinski definition) is 0. The number of benzene rings is 2. The van der Waals surface area contributed by atoms with Crippen molar-refractivity contribution in [2.24, 2.45) is 5.10 Å². The van der Waals surface area contributed by atoms with Crippen LogP contribution in [0.5, 0.6) is 0 Å². The van der Waals surface area contributed by atoms with E-state index in [0.29, 0.717) is 11.9 Å². The molecule has 0 spiro atoms. The molecule has 0 heterocycles. The first-order valence-corrected chi connectivity index (χ1v) is 9.14. The Balaban J connectivity index is 2.14. The number of hydrogen-bond acceptors (Lipinski definition) is 4. The van der Waals surface area contributed by atoms with Crippen LogP contribution < -0.4 is 5.01 Å². The highest BCUT2D eigenvalue weighted by molar-refractivity contribution is 9.09. The first kappa shape index (κ1) is 18.6. The second-order valence-electron chi connectivity index (χ2n) is 5.13. The molecule has 2 aromatic rings. The van der Waals surface area contributed by atoms with Crippen molar-refractivity contribution >= 4 is 33.5 Å². The summed E-state index contributed by atoms with van der Waals surface area (Å²) in [7, 11) is 0. The number of alkyl halides is 1. The van der Waals surface area contributed by atoms with Gasteiger partial charge in [-0.3, -0.25) is 0 Å². The molecule has 2 atom stereocenters. The Morgan fingerprint density at radius 1 is 1.04 bits per heavy atom. The number of nitrogens with zero attached hydrogens (tertiary/aromatic N) is 2. The predicted octanol–water partition coefficient (Wildman–Crippen LogP) is 4.97. The van der Waals surface area contributed by atoms with Crippen LogP contribution in [-0.4, -0.2) is 30.5 Å². The van der Waals surface area contributed by atoms with E-state index in [9.17, 15) is 0 Å². The summed E-state index contributed by atoms with van der Waals surface area (Å²) in [6.45, 7) is 4.51. The van der Waals surface area contributed by atoms with Gasteiger partial charge in [0.15, 0.2) is 6.29 Å². The molecule has 0 saturated heterocycles. The van der Waals surface area contributed by atoms with Crippen LogP contribution in [0.1, 0.15) is 13.8 Å². The zero-order valence-corrected chi connectivity index (χ0v) is 15.6. The van der Waals surface area contributed by atoms with Crippen LogP contribution in [0.2, 0.25) is 0 Å². The van der Waals surface area contributed by atoms with Gasteiger partial charge in [-0.1, -0.05) is 52.3 Å². The fourth-order valence-electron chi connectivity index (χ4n) is 2.16. The molecule has 0 amide bonds. The first-order valence-electron chi connectivity index (χ1n) is 8.02. The van der Waals surface area contributed by atoms with Crippen molar-refractivity contribution in [3.8, 4) is 0 Å². The highest BCUT2D eigenvalue weighted by Gasteiger charge is 2.12. The Kier molecular flexibility index (Phi) is 7.95. The molecule has 0 fully saturated rings. The van der Waals surface area contributed by atoms with Gasteiger partial charge in [-0.25, -0.2) is 5.01 Å². The van der Waals surface area contributed by atoms with Gasteiger partial charge in [0.25, 0.3) is 0 Å². The van der Waals surface area contributed by atoms with E-state index in [4.69, 9.17) is 9.47 Å². The Hall–Kier alpha value is -1.69. The molecule has 128 valence electrons. The lowest BCUT2D eigenvalue weighted by atomic mass is 10.2. The summed E-state index contributed by atoms with van der Waals surface area (Å²) in [5.41, 5.74) is 1.99. The zero-order chi connectivity index (χ0) is 17.2. The lowest BCUT2D eigenvalue weighted by Crippen LogP contribution is -2.26. The molecule has 2 aromatic carbocycles. The summed E-state index contributed by atoms with van der Waals surface area (Å²) in [5.74, 6) is 0. The van der Waals surface area contributed by atoms with Crippen LogP contribution in [-0.2, 0) is 9.47 Å². The van der Waals surface area contributed by atoms with E-state index in [1.165, 1.54) is 0 Å². The van der Waals surface area contributed by atoms with Gasteiger partial charge < -0.3 is 9.47 Å². The third-order valence-electron chi connectivity index (χ3n) is 3.24. The fourth-order valence-corrected chi connectivity index (χ4v) is 2.50. The minimum Gasteiger partial charge on any atom is -0.352 e. The topological polar surface area (TPSA) is 34.1 Å². The average molecular weight is 391 g/mol. The maximum Gasteiger partial charge on any atom is 0.168 e. The quantitative estimate of drug-likeness (QED) is 0.262. The van der Waals surface area contributed by atoms with Crippen molar-refractivity contribution in [2.75, 3.05) is 16.9 Å². The van der Waals surface area contributed by atoms with Crippen molar-refractivity contribution in [3.05, 3.63) is 60.7 Å². The molecular formula is C19H23BrN2O2. The van der Waals surface area contributed by atoms with Crippen molar-refractivity contribution in [2.45, 2.75) is 26.2 Å². The van der Waals surface area contributed by atoms with Gasteiger partial charge in [-0.05, 0) is 38.1 Å². The number of anilines is 2. The molecule has 2 rings (SSSR count). The van der Waals surface area contributed by atoms with Gasteiger partial charge in [0.05, 0.1) is 29.0 Å². The third-order valence-corrected chi connectivity index (χ3v) is 3.77. The Morgan fingerprint density at radius 2 is 1.58 bits per heavy atom. The lowest BCUT2D eigenvalue weighted by Gasteiger charge is -2.21. The molecule has 24 heavy (non-hydrogen) atoms. The van der Waals surface area contributed by atoms with E-state index >= 15 is 0 Å². The van der Waals surface area contributed by atoms with Gasteiger partial charge >= 0.3 is 0 Å². The number of rotatable bonds is 9. The highest BCUT2D eigenvalue weighted by atomic mass is 79.9. The molecule has 0 aliphatic carbocycles. The van der Waals surface area contributed by atoms with Crippen LogP contribution >= 0.6 is 15.9 Å². The van der Waals surface area contributed by atoms with E-state index in [2.05, 4.69) is 21.0 Å². The number of ether oxygens (including phenoxy) is 2. The molecule has 0 aliphatic rings. The Labute approximate surface area is 152 Å². The molecule has 5 heteroatoms. The number of halogens is 1. The van der Waals surface area contributed by atoms with E-state index in [1.54, 1.807) is 6.21 Å². The molecule has 1 unspecified atom stereocenters. The van der Waals surface area contributed by atoms with E-state index < -0.39 is 0 Å². The van der Waals surface area contributed by atoms with Crippen LogP contribution in [0.25, 0.3) is 0 Å². The van der Waals surface area contributed by atoms with Crippen molar-refractivity contribution in [3.63, 3.8) is 0 Å². The predicted molar refractivity (Wildman–Crippen MR) is 103 cm³/mol. The number of hydrazone groups is 1. The van der Waals surface area contributed by atoms with Gasteiger partial charge in [0.2, 0.25) is 0 Å². The van der Waals surface area contributed by atoms with Crippen molar-refractivity contribution in [1.29, 1.82) is 0 Å². The molecule has 4 nitrogen and oxygen atoms in total. The second-order valence-corrected chi connectivity index (χ2v) is 5.78. The zero-order valence-electron chi connectivity index (χ0n) is 14.0. The average Bonchev–Trinajstić information content (AvgIpc) is 2.63. The molecule has 0 radical (unpaired) electrons. The maximum atomic E-state index is 5.82. The SMILES string of the molecule is CCOC(CBr)O[C@@H](C)/C=N/N(c1ccccc1)c1ccccc1. The molecular weight excluding hydrogens is 368 g/mol. The smallest absolute Gasteiger partial charge is 0.168 e. The Bertz CT molecular complexity index is 568. The van der Waals surface area contributed by atoms with Crippen molar-refractivity contribution in [1.82, 2.24) is 0 Å². The van der Waals surface area contributed by atoms with Gasteiger partial charge in [-0.2, -0.15) is 5.10 Å². The fraction of sp³-hybridized carbons (Fsp3) is 0.316. The summed E-state index contributed by atoms with van der Waals surface area (Å²) < 4.78 is 11.3. The summed E-state index contributed by atoms with van der Waals surface area (Å²) in [6, 6.07) is 20.1. The minimum absolute atomic E-state index is 0.172. The lowest BCUT2D eigenvalue weighted by molar-refractivity contribution is -0.132. The van der Waals surface area contributed by atoms with Gasteiger partial charge in [-0.15, -0.1) is 0 Å². The highest BCUT2D eigenvalue weighted by Crippen LogP contribution is 2.25. The summed E-state index contributed by atoms with van der Waals surface area (Å²) in [4.78, 5) is 0. The van der Waals surface area contributed by atoms with Crippen LogP contribution in [0, 0.1) is 0 Å². The van der Waals surface area contributed by atoms with Gasteiger partial charge in [0.1, 0.15) is 0 Å². The maximum absolute atomic E-state index is 5.82. The van der Waals surface area contributed by atoms with Crippen LogP contribution in [0.15, 0.2) is 65.8 Å². The van der Waals surface area contributed by atoms with E-state index in [0.717, 1.165) is 11.4 Å². The first-order chi connectivity index (χ1) is 11.7. The summed E-state index contributed by atoms with van der Waals surface area (Å²) in [5, 5.41) is 7.14. The molecule has 0 aliphatic heterocycles.